The van der Waals surface area contributed by atoms with Gasteiger partial charge in [0, 0.05) is 6.42 Å². The zero-order valence-electron chi connectivity index (χ0n) is 26.5. The summed E-state index contributed by atoms with van der Waals surface area (Å²) in [7, 11) is -3.74. The van der Waals surface area contributed by atoms with Crippen LogP contribution in [0.2, 0.25) is 0 Å². The molecule has 1 saturated heterocycles. The minimum Gasteiger partial charge on any atom is -0.463 e. The quantitative estimate of drug-likeness (QED) is 0.0588. The Morgan fingerprint density at radius 2 is 1.33 bits per heavy atom. The van der Waals surface area contributed by atoms with Gasteiger partial charge < -0.3 is 14.2 Å². The van der Waals surface area contributed by atoms with E-state index >= 15 is 0 Å². The summed E-state index contributed by atoms with van der Waals surface area (Å²) in [5.41, 5.74) is 0.989. The Labute approximate surface area is 256 Å². The van der Waals surface area contributed by atoms with Crippen LogP contribution in [0.15, 0.2) is 29.2 Å². The van der Waals surface area contributed by atoms with Gasteiger partial charge in [0.2, 0.25) is 0 Å². The van der Waals surface area contributed by atoms with Crippen molar-refractivity contribution in [2.75, 3.05) is 19.8 Å². The van der Waals surface area contributed by atoms with E-state index in [9.17, 15) is 13.2 Å². The molecule has 0 aromatic heterocycles. The van der Waals surface area contributed by atoms with Crippen LogP contribution < -0.4 is 0 Å². The number of carbonyl (C=O) groups is 1. The molecule has 7 nitrogen and oxygen atoms in total. The van der Waals surface area contributed by atoms with Gasteiger partial charge in [0.1, 0.15) is 12.7 Å². The molecule has 0 N–H and O–H groups in total. The van der Waals surface area contributed by atoms with Crippen molar-refractivity contribution in [3.8, 4) is 0 Å². The van der Waals surface area contributed by atoms with Crippen LogP contribution >= 0.6 is 0 Å². The maximum Gasteiger partial charge on any atom is 0.305 e. The first kappa shape index (κ1) is 36.7. The van der Waals surface area contributed by atoms with Crippen molar-refractivity contribution in [2.45, 2.75) is 160 Å². The normalized spacial score (nSPS) is 17.1. The molecule has 0 saturated carbocycles. The van der Waals surface area contributed by atoms with Crippen LogP contribution in [-0.2, 0) is 33.3 Å². The molecule has 1 fully saturated rings. The molecule has 8 heteroatoms. The van der Waals surface area contributed by atoms with Gasteiger partial charge in [-0.05, 0) is 44.7 Å². The summed E-state index contributed by atoms with van der Waals surface area (Å²) in [4.78, 5) is 12.2. The maximum absolute atomic E-state index is 12.2. The van der Waals surface area contributed by atoms with Crippen LogP contribution in [0.5, 0.6) is 0 Å². The fraction of sp³-hybridized carbons (Fsp3) is 0.794. The Kier molecular flexibility index (Phi) is 20.1. The smallest absolute Gasteiger partial charge is 0.305 e. The molecule has 1 aliphatic heterocycles. The molecule has 2 rings (SSSR count). The van der Waals surface area contributed by atoms with Gasteiger partial charge in [-0.1, -0.05) is 121 Å². The van der Waals surface area contributed by atoms with E-state index in [1.165, 1.54) is 89.9 Å². The van der Waals surface area contributed by atoms with E-state index < -0.39 is 10.1 Å². The van der Waals surface area contributed by atoms with Gasteiger partial charge in [-0.25, -0.2) is 0 Å². The molecule has 2 atom stereocenters. The first-order valence-corrected chi connectivity index (χ1v) is 18.2. The summed E-state index contributed by atoms with van der Waals surface area (Å²) in [6.45, 7) is 4.95. The molecule has 0 aliphatic carbocycles. The summed E-state index contributed by atoms with van der Waals surface area (Å²) in [6, 6.07) is 6.57. The van der Waals surface area contributed by atoms with Crippen LogP contribution in [0.4, 0.5) is 0 Å². The summed E-state index contributed by atoms with van der Waals surface area (Å²) in [6.07, 6.45) is 22.9. The zero-order chi connectivity index (χ0) is 30.3. The predicted octanol–water partition coefficient (Wildman–Crippen LogP) is 8.81. The number of unbranched alkanes of at least 4 members (excludes halogenated alkanes) is 16. The van der Waals surface area contributed by atoms with Gasteiger partial charge in [-0.3, -0.25) is 8.98 Å². The Morgan fingerprint density at radius 1 is 0.786 bits per heavy atom. The molecule has 0 amide bonds. The monoisotopic (exact) mass is 610 g/mol. The first-order valence-electron chi connectivity index (χ1n) is 16.8. The van der Waals surface area contributed by atoms with Crippen LogP contribution in [0.25, 0.3) is 0 Å². The number of ether oxygens (including phenoxy) is 3. The molecule has 0 spiro atoms. The Morgan fingerprint density at radius 3 is 1.93 bits per heavy atom. The van der Waals surface area contributed by atoms with Gasteiger partial charge in [0.15, 0.2) is 6.29 Å². The fourth-order valence-corrected chi connectivity index (χ4v) is 6.12. The summed E-state index contributed by atoms with van der Waals surface area (Å²) in [5, 5.41) is 0. The summed E-state index contributed by atoms with van der Waals surface area (Å²) >= 11 is 0. The number of hydrogen-bond donors (Lipinski definition) is 0. The Bertz CT molecular complexity index is 916. The van der Waals surface area contributed by atoms with E-state index in [1.807, 2.05) is 6.92 Å². The van der Waals surface area contributed by atoms with E-state index in [4.69, 9.17) is 18.4 Å². The molecule has 0 radical (unpaired) electrons. The number of rotatable bonds is 26. The minimum absolute atomic E-state index is 0.0965. The van der Waals surface area contributed by atoms with Gasteiger partial charge in [0.05, 0.1) is 18.1 Å². The molecule has 42 heavy (non-hydrogen) atoms. The number of carbonyl (C=O) groups excluding carboxylic acids is 1. The van der Waals surface area contributed by atoms with Crippen LogP contribution in [0.3, 0.4) is 0 Å². The van der Waals surface area contributed by atoms with Crippen LogP contribution in [0, 0.1) is 6.92 Å². The van der Waals surface area contributed by atoms with Crippen molar-refractivity contribution < 1.29 is 31.6 Å². The summed E-state index contributed by atoms with van der Waals surface area (Å²) < 4.78 is 46.4. The van der Waals surface area contributed by atoms with E-state index in [0.29, 0.717) is 32.3 Å². The Hall–Kier alpha value is -1.48. The average molecular weight is 611 g/mol. The van der Waals surface area contributed by atoms with Gasteiger partial charge in [-0.15, -0.1) is 0 Å². The van der Waals surface area contributed by atoms with Crippen molar-refractivity contribution in [1.82, 2.24) is 0 Å². The second-order valence-electron chi connectivity index (χ2n) is 11.8. The molecular formula is C34H58O7S. The largest absolute Gasteiger partial charge is 0.463 e. The van der Waals surface area contributed by atoms with Crippen LogP contribution in [-0.4, -0.2) is 46.6 Å². The number of aryl methyl sites for hydroxylation is 1. The average Bonchev–Trinajstić information content (AvgIpc) is 3.43. The lowest BCUT2D eigenvalue weighted by Crippen LogP contribution is -2.21. The number of hydrogen-bond acceptors (Lipinski definition) is 7. The zero-order valence-corrected chi connectivity index (χ0v) is 27.3. The highest BCUT2D eigenvalue weighted by molar-refractivity contribution is 7.86. The van der Waals surface area contributed by atoms with Crippen molar-refractivity contribution in [3.63, 3.8) is 0 Å². The van der Waals surface area contributed by atoms with Crippen molar-refractivity contribution in [3.05, 3.63) is 29.8 Å². The third kappa shape index (κ3) is 17.6. The molecule has 1 heterocycles. The van der Waals surface area contributed by atoms with Gasteiger partial charge in [-0.2, -0.15) is 8.42 Å². The van der Waals surface area contributed by atoms with Gasteiger partial charge >= 0.3 is 5.97 Å². The van der Waals surface area contributed by atoms with E-state index in [1.54, 1.807) is 24.3 Å². The highest BCUT2D eigenvalue weighted by atomic mass is 32.2. The molecule has 2 unspecified atom stereocenters. The SMILES string of the molecule is CCCCCCCCCCCCCCCCCC1OCC(COC(=O)CCCCCOS(=O)(=O)c2ccc(C)cc2)O1. The van der Waals surface area contributed by atoms with Crippen molar-refractivity contribution in [1.29, 1.82) is 0 Å². The lowest BCUT2D eigenvalue weighted by molar-refractivity contribution is -0.148. The highest BCUT2D eigenvalue weighted by Gasteiger charge is 2.26. The highest BCUT2D eigenvalue weighted by Crippen LogP contribution is 2.20. The fourth-order valence-electron chi connectivity index (χ4n) is 5.18. The first-order chi connectivity index (χ1) is 20.4. The lowest BCUT2D eigenvalue weighted by atomic mass is 10.0. The molecule has 1 aromatic rings. The molecule has 0 bridgehead atoms. The van der Waals surface area contributed by atoms with Gasteiger partial charge in [0.25, 0.3) is 10.1 Å². The third-order valence-corrected chi connectivity index (χ3v) is 9.19. The van der Waals surface area contributed by atoms with E-state index in [0.717, 1.165) is 18.4 Å². The lowest BCUT2D eigenvalue weighted by Gasteiger charge is -2.12. The number of esters is 1. The van der Waals surface area contributed by atoms with Crippen LogP contribution in [0.1, 0.15) is 141 Å². The predicted molar refractivity (Wildman–Crippen MR) is 168 cm³/mol. The second kappa shape index (κ2) is 23.0. The van der Waals surface area contributed by atoms with Crippen molar-refractivity contribution in [2.24, 2.45) is 0 Å². The topological polar surface area (TPSA) is 88.1 Å². The number of benzene rings is 1. The maximum atomic E-state index is 12.2. The van der Waals surface area contributed by atoms with Crippen molar-refractivity contribution >= 4 is 16.1 Å². The Balaban J connectivity index is 1.35. The second-order valence-corrected chi connectivity index (χ2v) is 13.5. The minimum atomic E-state index is -3.74. The third-order valence-electron chi connectivity index (χ3n) is 7.86. The van der Waals surface area contributed by atoms with E-state index in [-0.39, 0.29) is 36.5 Å². The molecule has 242 valence electrons. The van der Waals surface area contributed by atoms with E-state index in [2.05, 4.69) is 6.92 Å². The summed E-state index contributed by atoms with van der Waals surface area (Å²) in [5.74, 6) is -0.266. The molecule has 1 aromatic carbocycles. The molecular weight excluding hydrogens is 552 g/mol. The molecule has 1 aliphatic rings. The standard InChI is InChI=1S/C34H58O7S/c1-3-4-5-6-7-8-9-10-11-12-13-14-15-16-19-22-34-39-29-31(41-34)28-38-33(35)21-18-17-20-27-40-42(36,37)32-25-23-30(2)24-26-32/h23-26,31,34H,3-22,27-29H2,1-2H3.